The molecule has 162 valence electrons. The predicted octanol–water partition coefficient (Wildman–Crippen LogP) is 4.75. The summed E-state index contributed by atoms with van der Waals surface area (Å²) < 4.78 is 19.5. The van der Waals surface area contributed by atoms with E-state index in [4.69, 9.17) is 21.4 Å². The van der Waals surface area contributed by atoms with Crippen molar-refractivity contribution in [3.63, 3.8) is 0 Å². The van der Waals surface area contributed by atoms with E-state index >= 15 is 0 Å². The quantitative estimate of drug-likeness (QED) is 0.573. The fraction of sp³-hybridized carbons (Fsp3) is 0.500. The third-order valence-corrected chi connectivity index (χ3v) is 5.86. The van der Waals surface area contributed by atoms with Crippen LogP contribution in [0.5, 0.6) is 5.75 Å². The van der Waals surface area contributed by atoms with Gasteiger partial charge >= 0.3 is 5.97 Å². The maximum atomic E-state index is 13.9. The van der Waals surface area contributed by atoms with Crippen LogP contribution in [0.4, 0.5) is 10.3 Å². The van der Waals surface area contributed by atoms with Crippen LogP contribution >= 0.6 is 11.6 Å². The molecule has 6 nitrogen and oxygen atoms in total. The monoisotopic (exact) mass is 435 g/mol. The number of rotatable bonds is 9. The van der Waals surface area contributed by atoms with Crippen molar-refractivity contribution in [2.24, 2.45) is 5.41 Å². The van der Waals surface area contributed by atoms with Crippen LogP contribution in [0.25, 0.3) is 0 Å². The fourth-order valence-corrected chi connectivity index (χ4v) is 3.83. The average molecular weight is 436 g/mol. The number of hydrogen-bond acceptors (Lipinski definition) is 5. The number of anilines is 1. The average Bonchev–Trinajstić information content (AvgIpc) is 2.71. The molecule has 0 bridgehead atoms. The SMILES string of the molecule is CC1(CCCCOc2ccc(CC(=O)O)c(F)c2)CCN(c2ncc(Cl)cn2)CC1. The molecule has 0 saturated carbocycles. The number of benzene rings is 1. The minimum Gasteiger partial charge on any atom is -0.493 e. The van der Waals surface area contributed by atoms with Gasteiger partial charge in [0.15, 0.2) is 0 Å². The molecular formula is C22H27ClFN3O3. The number of nitrogens with zero attached hydrogens (tertiary/aromatic N) is 3. The topological polar surface area (TPSA) is 75.6 Å². The molecule has 0 amide bonds. The van der Waals surface area contributed by atoms with Crippen LogP contribution in [0.15, 0.2) is 30.6 Å². The van der Waals surface area contributed by atoms with E-state index in [0.29, 0.717) is 17.4 Å². The molecular weight excluding hydrogens is 409 g/mol. The van der Waals surface area contributed by atoms with Crippen molar-refractivity contribution in [3.8, 4) is 5.75 Å². The van der Waals surface area contributed by atoms with Gasteiger partial charge in [0.25, 0.3) is 0 Å². The Hall–Kier alpha value is -2.41. The number of halogens is 2. The maximum Gasteiger partial charge on any atom is 0.307 e. The molecule has 1 aromatic heterocycles. The summed E-state index contributed by atoms with van der Waals surface area (Å²) in [5.74, 6) is -0.429. The second kappa shape index (κ2) is 10.1. The van der Waals surface area contributed by atoms with Gasteiger partial charge in [-0.25, -0.2) is 14.4 Å². The Morgan fingerprint density at radius 1 is 1.27 bits per heavy atom. The Morgan fingerprint density at radius 2 is 1.97 bits per heavy atom. The van der Waals surface area contributed by atoms with Gasteiger partial charge in [-0.05, 0) is 49.1 Å². The predicted molar refractivity (Wildman–Crippen MR) is 114 cm³/mol. The lowest BCUT2D eigenvalue weighted by Crippen LogP contribution is -2.39. The fourth-order valence-electron chi connectivity index (χ4n) is 3.73. The van der Waals surface area contributed by atoms with Gasteiger partial charge in [-0.15, -0.1) is 0 Å². The molecule has 1 aliphatic heterocycles. The van der Waals surface area contributed by atoms with Crippen molar-refractivity contribution < 1.29 is 19.0 Å². The summed E-state index contributed by atoms with van der Waals surface area (Å²) >= 11 is 5.86. The summed E-state index contributed by atoms with van der Waals surface area (Å²) in [7, 11) is 0. The van der Waals surface area contributed by atoms with Crippen LogP contribution in [0.3, 0.4) is 0 Å². The van der Waals surface area contributed by atoms with Gasteiger partial charge in [-0.3, -0.25) is 4.79 Å². The smallest absolute Gasteiger partial charge is 0.307 e. The first-order valence-corrected chi connectivity index (χ1v) is 10.6. The summed E-state index contributed by atoms with van der Waals surface area (Å²) in [6.07, 6.45) is 8.12. The van der Waals surface area contributed by atoms with E-state index in [-0.39, 0.29) is 17.4 Å². The molecule has 0 aliphatic carbocycles. The second-order valence-electron chi connectivity index (χ2n) is 8.13. The zero-order valence-electron chi connectivity index (χ0n) is 17.1. The second-order valence-corrected chi connectivity index (χ2v) is 8.56. The summed E-state index contributed by atoms with van der Waals surface area (Å²) in [5.41, 5.74) is 0.450. The third-order valence-electron chi connectivity index (χ3n) is 5.67. The number of carboxylic acids is 1. The van der Waals surface area contributed by atoms with Gasteiger partial charge < -0.3 is 14.7 Å². The van der Waals surface area contributed by atoms with Crippen LogP contribution in [-0.2, 0) is 11.2 Å². The molecule has 3 rings (SSSR count). The molecule has 1 aliphatic rings. The molecule has 1 aromatic carbocycles. The number of aliphatic carboxylic acids is 1. The van der Waals surface area contributed by atoms with Gasteiger partial charge in [0.1, 0.15) is 11.6 Å². The number of unbranched alkanes of at least 4 members (excludes halogenated alkanes) is 1. The highest BCUT2D eigenvalue weighted by Gasteiger charge is 2.30. The highest BCUT2D eigenvalue weighted by Crippen LogP contribution is 2.36. The Labute approximate surface area is 181 Å². The maximum absolute atomic E-state index is 13.9. The minimum absolute atomic E-state index is 0.165. The van der Waals surface area contributed by atoms with Gasteiger partial charge in [-0.2, -0.15) is 0 Å². The van der Waals surface area contributed by atoms with Crippen molar-refractivity contribution in [2.75, 3.05) is 24.6 Å². The van der Waals surface area contributed by atoms with Crippen molar-refractivity contribution in [3.05, 3.63) is 47.0 Å². The molecule has 0 radical (unpaired) electrons. The number of piperidine rings is 1. The Bertz CT molecular complexity index is 855. The van der Waals surface area contributed by atoms with Gasteiger partial charge in [0.05, 0.1) is 30.4 Å². The highest BCUT2D eigenvalue weighted by atomic mass is 35.5. The number of carboxylic acid groups (broad SMARTS) is 1. The largest absolute Gasteiger partial charge is 0.493 e. The van der Waals surface area contributed by atoms with E-state index in [1.54, 1.807) is 18.5 Å². The molecule has 2 aromatic rings. The summed E-state index contributed by atoms with van der Waals surface area (Å²) in [4.78, 5) is 21.5. The molecule has 1 saturated heterocycles. The van der Waals surface area contributed by atoms with Crippen molar-refractivity contribution in [1.29, 1.82) is 0 Å². The lowest BCUT2D eigenvalue weighted by molar-refractivity contribution is -0.136. The van der Waals surface area contributed by atoms with Crippen molar-refractivity contribution >= 4 is 23.5 Å². The van der Waals surface area contributed by atoms with Crippen LogP contribution in [-0.4, -0.2) is 40.7 Å². The van der Waals surface area contributed by atoms with E-state index in [0.717, 1.165) is 51.1 Å². The lowest BCUT2D eigenvalue weighted by Gasteiger charge is -2.39. The van der Waals surface area contributed by atoms with E-state index < -0.39 is 11.8 Å². The first-order chi connectivity index (χ1) is 14.3. The Morgan fingerprint density at radius 3 is 2.60 bits per heavy atom. The normalized spacial score (nSPS) is 15.8. The lowest BCUT2D eigenvalue weighted by atomic mass is 9.76. The van der Waals surface area contributed by atoms with Crippen LogP contribution in [0.1, 0.15) is 44.6 Å². The van der Waals surface area contributed by atoms with Gasteiger partial charge in [-0.1, -0.05) is 24.6 Å². The molecule has 1 N–H and O–H groups in total. The van der Waals surface area contributed by atoms with Crippen LogP contribution in [0.2, 0.25) is 5.02 Å². The van der Waals surface area contributed by atoms with E-state index in [2.05, 4.69) is 21.8 Å². The zero-order chi connectivity index (χ0) is 21.6. The first-order valence-electron chi connectivity index (χ1n) is 10.2. The molecule has 2 heterocycles. The number of aromatic nitrogens is 2. The summed E-state index contributed by atoms with van der Waals surface area (Å²) in [6, 6.07) is 4.35. The van der Waals surface area contributed by atoms with Crippen molar-refractivity contribution in [1.82, 2.24) is 9.97 Å². The van der Waals surface area contributed by atoms with Gasteiger partial charge in [0, 0.05) is 19.2 Å². The highest BCUT2D eigenvalue weighted by molar-refractivity contribution is 6.30. The Kier molecular flexibility index (Phi) is 7.48. The zero-order valence-corrected chi connectivity index (χ0v) is 17.9. The first kappa shape index (κ1) is 22.3. The molecule has 1 fully saturated rings. The van der Waals surface area contributed by atoms with Crippen LogP contribution in [0, 0.1) is 11.2 Å². The molecule has 0 spiro atoms. The number of carbonyl (C=O) groups is 1. The van der Waals surface area contributed by atoms with Crippen LogP contribution < -0.4 is 9.64 Å². The van der Waals surface area contributed by atoms with E-state index in [1.807, 2.05) is 0 Å². The minimum atomic E-state index is -1.05. The third kappa shape index (κ3) is 6.29. The molecule has 0 atom stereocenters. The van der Waals surface area contributed by atoms with E-state index in [1.165, 1.54) is 12.1 Å². The molecule has 8 heteroatoms. The molecule has 30 heavy (non-hydrogen) atoms. The number of ether oxygens (including phenoxy) is 1. The Balaban J connectivity index is 1.37. The molecule has 0 unspecified atom stereocenters. The van der Waals surface area contributed by atoms with Crippen molar-refractivity contribution in [2.45, 2.75) is 45.4 Å². The van der Waals surface area contributed by atoms with Gasteiger partial charge in [0.2, 0.25) is 5.95 Å². The number of hydrogen-bond donors (Lipinski definition) is 1. The standard InChI is InChI=1S/C22H27ClFN3O3/c1-22(7-9-27(10-8-22)21-25-14-17(23)15-26-21)6-2-3-11-30-18-5-4-16(12-20(28)29)19(24)13-18/h4-5,13-15H,2-3,6-12H2,1H3,(H,28,29). The summed E-state index contributed by atoms with van der Waals surface area (Å²) in [5, 5.41) is 9.30. The summed E-state index contributed by atoms with van der Waals surface area (Å²) in [6.45, 7) is 4.69. The van der Waals surface area contributed by atoms with E-state index in [9.17, 15) is 9.18 Å².